The molecule has 8 heteroatoms. The average molecular weight is 383 g/mol. The van der Waals surface area contributed by atoms with Crippen molar-refractivity contribution in [2.45, 2.75) is 84.4 Å². The quantitative estimate of drug-likeness (QED) is 0.550. The molecule has 0 aromatic rings. The number of likely N-dealkylation sites (tertiary alicyclic amines) is 1. The van der Waals surface area contributed by atoms with E-state index in [1.54, 1.807) is 11.8 Å². The molecule has 2 heterocycles. The maximum atomic E-state index is 12.6. The van der Waals surface area contributed by atoms with E-state index in [1.165, 1.54) is 0 Å². The second kappa shape index (κ2) is 7.62. The molecule has 0 bridgehead atoms. The van der Waals surface area contributed by atoms with Crippen LogP contribution in [0.1, 0.15) is 61.8 Å². The van der Waals surface area contributed by atoms with Gasteiger partial charge in [0, 0.05) is 18.9 Å². The van der Waals surface area contributed by atoms with E-state index in [1.807, 2.05) is 48.5 Å². The van der Waals surface area contributed by atoms with Crippen LogP contribution in [0.15, 0.2) is 0 Å². The van der Waals surface area contributed by atoms with Gasteiger partial charge in [0.2, 0.25) is 0 Å². The van der Waals surface area contributed by atoms with Crippen LogP contribution in [0, 0.1) is 5.92 Å². The highest BCUT2D eigenvalue weighted by atomic mass is 16.7. The average Bonchev–Trinajstić information content (AvgIpc) is 2.73. The Morgan fingerprint density at radius 3 is 2.19 bits per heavy atom. The number of amides is 1. The van der Waals surface area contributed by atoms with E-state index < -0.39 is 35.9 Å². The van der Waals surface area contributed by atoms with Gasteiger partial charge in [-0.15, -0.1) is 0 Å². The number of hydrogen-bond donors (Lipinski definition) is 0. The zero-order valence-corrected chi connectivity index (χ0v) is 18.0. The standard InChI is InChI=1S/C19H34BNO6/c1-9-24-15(22)13-12-21(16(23)25-17(2,3)4)11-10-14(13)20-26-18(5,6)19(7,8)27-20/h13-14H,9-12H2,1-8H3/t13-,14-/m1/s1. The first-order valence-electron chi connectivity index (χ1n) is 9.77. The Morgan fingerprint density at radius 2 is 1.70 bits per heavy atom. The highest BCUT2D eigenvalue weighted by Crippen LogP contribution is 2.44. The molecule has 2 rings (SSSR count). The van der Waals surface area contributed by atoms with Crippen LogP contribution in [-0.4, -0.2) is 60.6 Å². The molecule has 0 radical (unpaired) electrons. The molecule has 0 saturated carbocycles. The maximum absolute atomic E-state index is 12.6. The molecular weight excluding hydrogens is 349 g/mol. The van der Waals surface area contributed by atoms with Crippen molar-refractivity contribution in [2.24, 2.45) is 5.92 Å². The normalized spacial score (nSPS) is 27.4. The van der Waals surface area contributed by atoms with Gasteiger partial charge in [-0.2, -0.15) is 0 Å². The largest absolute Gasteiger partial charge is 0.466 e. The van der Waals surface area contributed by atoms with Crippen LogP contribution in [-0.2, 0) is 23.6 Å². The minimum atomic E-state index is -0.584. The van der Waals surface area contributed by atoms with Gasteiger partial charge in [0.1, 0.15) is 5.60 Å². The van der Waals surface area contributed by atoms with E-state index in [-0.39, 0.29) is 24.9 Å². The summed E-state index contributed by atoms with van der Waals surface area (Å²) < 4.78 is 23.1. The van der Waals surface area contributed by atoms with Crippen molar-refractivity contribution in [1.82, 2.24) is 4.90 Å². The van der Waals surface area contributed by atoms with E-state index in [9.17, 15) is 9.59 Å². The minimum absolute atomic E-state index is 0.177. The summed E-state index contributed by atoms with van der Waals surface area (Å²) in [5.74, 6) is -1.02. The van der Waals surface area contributed by atoms with Crippen LogP contribution in [0.25, 0.3) is 0 Å². The van der Waals surface area contributed by atoms with Gasteiger partial charge in [-0.1, -0.05) is 0 Å². The molecule has 7 nitrogen and oxygen atoms in total. The highest BCUT2D eigenvalue weighted by molar-refractivity contribution is 6.48. The molecule has 0 N–H and O–H groups in total. The lowest BCUT2D eigenvalue weighted by atomic mass is 9.61. The van der Waals surface area contributed by atoms with Crippen molar-refractivity contribution in [3.63, 3.8) is 0 Å². The van der Waals surface area contributed by atoms with Crippen molar-refractivity contribution in [3.05, 3.63) is 0 Å². The summed E-state index contributed by atoms with van der Waals surface area (Å²) in [4.78, 5) is 26.7. The van der Waals surface area contributed by atoms with Crippen LogP contribution in [0.5, 0.6) is 0 Å². The maximum Gasteiger partial charge on any atom is 0.462 e. The SMILES string of the molecule is CCOC(=O)[C@@H]1CN(C(=O)OC(C)(C)C)CC[C@H]1B1OC(C)(C)C(C)(C)O1. The van der Waals surface area contributed by atoms with Crippen LogP contribution in [0.2, 0.25) is 5.82 Å². The van der Waals surface area contributed by atoms with E-state index in [0.717, 1.165) is 0 Å². The first-order valence-corrected chi connectivity index (χ1v) is 9.77. The van der Waals surface area contributed by atoms with Crippen molar-refractivity contribution >= 4 is 19.2 Å². The lowest BCUT2D eigenvalue weighted by molar-refractivity contribution is -0.150. The lowest BCUT2D eigenvalue weighted by Gasteiger charge is -2.38. The second-order valence-electron chi connectivity index (χ2n) is 9.36. The molecule has 0 aromatic carbocycles. The van der Waals surface area contributed by atoms with Crippen molar-refractivity contribution < 1.29 is 28.4 Å². The Hall–Kier alpha value is -1.28. The third-order valence-corrected chi connectivity index (χ3v) is 5.53. The molecule has 0 aromatic heterocycles. The number of piperidine rings is 1. The van der Waals surface area contributed by atoms with Gasteiger partial charge < -0.3 is 23.7 Å². The molecule has 0 aliphatic carbocycles. The monoisotopic (exact) mass is 383 g/mol. The molecule has 0 unspecified atom stereocenters. The zero-order chi connectivity index (χ0) is 20.6. The summed E-state index contributed by atoms with van der Waals surface area (Å²) in [5.41, 5.74) is -1.53. The van der Waals surface area contributed by atoms with Gasteiger partial charge in [0.15, 0.2) is 0 Å². The van der Waals surface area contributed by atoms with Gasteiger partial charge >= 0.3 is 19.2 Å². The molecule has 2 saturated heterocycles. The van der Waals surface area contributed by atoms with Crippen LogP contribution >= 0.6 is 0 Å². The topological polar surface area (TPSA) is 74.3 Å². The molecule has 2 fully saturated rings. The van der Waals surface area contributed by atoms with Crippen molar-refractivity contribution in [2.75, 3.05) is 19.7 Å². The number of rotatable bonds is 3. The Kier molecular flexibility index (Phi) is 6.22. The number of carbonyl (C=O) groups is 2. The molecule has 2 aliphatic rings. The van der Waals surface area contributed by atoms with Crippen LogP contribution in [0.4, 0.5) is 4.79 Å². The molecule has 27 heavy (non-hydrogen) atoms. The summed E-state index contributed by atoms with van der Waals surface area (Å²) in [7, 11) is -0.509. The van der Waals surface area contributed by atoms with Gasteiger partial charge in [0.25, 0.3) is 0 Å². The first-order chi connectivity index (χ1) is 12.3. The summed E-state index contributed by atoms with van der Waals surface area (Å²) in [5, 5.41) is 0. The molecule has 1 amide bonds. The Morgan fingerprint density at radius 1 is 1.15 bits per heavy atom. The third-order valence-electron chi connectivity index (χ3n) is 5.53. The van der Waals surface area contributed by atoms with Crippen LogP contribution in [0.3, 0.4) is 0 Å². The minimum Gasteiger partial charge on any atom is -0.466 e. The van der Waals surface area contributed by atoms with E-state index in [4.69, 9.17) is 18.8 Å². The predicted molar refractivity (Wildman–Crippen MR) is 102 cm³/mol. The first kappa shape index (κ1) is 22.0. The molecule has 0 spiro atoms. The fourth-order valence-corrected chi connectivity index (χ4v) is 3.35. The predicted octanol–water partition coefficient (Wildman–Crippen LogP) is 3.27. The zero-order valence-electron chi connectivity index (χ0n) is 18.0. The molecule has 154 valence electrons. The smallest absolute Gasteiger partial charge is 0.462 e. The number of ether oxygens (including phenoxy) is 2. The van der Waals surface area contributed by atoms with Crippen molar-refractivity contribution in [1.29, 1.82) is 0 Å². The Labute approximate surface area is 163 Å². The Balaban J connectivity index is 2.17. The molecule has 2 aliphatic heterocycles. The van der Waals surface area contributed by atoms with Crippen LogP contribution < -0.4 is 0 Å². The third kappa shape index (κ3) is 4.96. The highest BCUT2D eigenvalue weighted by Gasteiger charge is 2.57. The fourth-order valence-electron chi connectivity index (χ4n) is 3.35. The van der Waals surface area contributed by atoms with E-state index >= 15 is 0 Å². The molecule has 2 atom stereocenters. The van der Waals surface area contributed by atoms with Gasteiger partial charge in [0.05, 0.1) is 23.7 Å². The number of nitrogens with zero attached hydrogens (tertiary/aromatic N) is 1. The summed E-state index contributed by atoms with van der Waals surface area (Å²) in [6.45, 7) is 16.2. The van der Waals surface area contributed by atoms with E-state index in [2.05, 4.69) is 0 Å². The fraction of sp³-hybridized carbons (Fsp3) is 0.895. The summed E-state index contributed by atoms with van der Waals surface area (Å²) in [6, 6.07) is 0. The van der Waals surface area contributed by atoms with E-state index in [0.29, 0.717) is 13.0 Å². The number of esters is 1. The Bertz CT molecular complexity index is 555. The van der Waals surface area contributed by atoms with Gasteiger partial charge in [-0.3, -0.25) is 4.79 Å². The summed E-state index contributed by atoms with van der Waals surface area (Å²) >= 11 is 0. The molecular formula is C19H34BNO6. The summed E-state index contributed by atoms with van der Waals surface area (Å²) in [6.07, 6.45) is 0.170. The lowest BCUT2D eigenvalue weighted by Crippen LogP contribution is -2.50. The van der Waals surface area contributed by atoms with Gasteiger partial charge in [-0.05, 0) is 61.8 Å². The number of hydrogen-bond acceptors (Lipinski definition) is 6. The number of carbonyl (C=O) groups excluding carboxylic acids is 2. The van der Waals surface area contributed by atoms with Gasteiger partial charge in [-0.25, -0.2) is 4.79 Å². The second-order valence-corrected chi connectivity index (χ2v) is 9.36. The van der Waals surface area contributed by atoms with Crippen molar-refractivity contribution in [3.8, 4) is 0 Å².